The summed E-state index contributed by atoms with van der Waals surface area (Å²) in [6, 6.07) is 5.98. The Bertz CT molecular complexity index is 440. The van der Waals surface area contributed by atoms with Gasteiger partial charge < -0.3 is 10.6 Å². The van der Waals surface area contributed by atoms with Crippen molar-refractivity contribution < 1.29 is 4.39 Å². The van der Waals surface area contributed by atoms with Crippen LogP contribution in [0.5, 0.6) is 0 Å². The molecule has 3 rings (SSSR count). The lowest BCUT2D eigenvalue weighted by atomic mass is 9.95. The normalized spacial score (nSPS) is 24.3. The lowest BCUT2D eigenvalue weighted by Crippen LogP contribution is -2.35. The molecule has 1 atom stereocenters. The lowest BCUT2D eigenvalue weighted by molar-refractivity contribution is 0.430. The summed E-state index contributed by atoms with van der Waals surface area (Å²) >= 11 is 0. The number of anilines is 1. The van der Waals surface area contributed by atoms with Crippen LogP contribution in [-0.2, 0) is 6.54 Å². The van der Waals surface area contributed by atoms with Crippen LogP contribution < -0.4 is 10.6 Å². The zero-order chi connectivity index (χ0) is 13.2. The van der Waals surface area contributed by atoms with Crippen molar-refractivity contribution in [2.75, 3.05) is 11.4 Å². The van der Waals surface area contributed by atoms with E-state index in [9.17, 15) is 4.39 Å². The second kappa shape index (κ2) is 5.49. The van der Waals surface area contributed by atoms with Gasteiger partial charge in [-0.15, -0.1) is 0 Å². The van der Waals surface area contributed by atoms with Gasteiger partial charge in [-0.3, -0.25) is 0 Å². The quantitative estimate of drug-likeness (QED) is 0.904. The Hall–Kier alpha value is -1.09. The zero-order valence-electron chi connectivity index (χ0n) is 11.4. The molecule has 2 nitrogen and oxygen atoms in total. The van der Waals surface area contributed by atoms with Crippen molar-refractivity contribution in [2.24, 2.45) is 11.7 Å². The van der Waals surface area contributed by atoms with Gasteiger partial charge in [-0.2, -0.15) is 0 Å². The molecule has 1 saturated heterocycles. The number of hydrogen-bond acceptors (Lipinski definition) is 2. The molecule has 1 heterocycles. The summed E-state index contributed by atoms with van der Waals surface area (Å²) in [6.07, 6.45) is 7.89. The van der Waals surface area contributed by atoms with Crippen LogP contribution in [0.3, 0.4) is 0 Å². The number of halogens is 1. The molecule has 2 aliphatic rings. The van der Waals surface area contributed by atoms with E-state index in [-0.39, 0.29) is 12.4 Å². The van der Waals surface area contributed by atoms with Crippen LogP contribution in [-0.4, -0.2) is 12.6 Å². The predicted molar refractivity (Wildman–Crippen MR) is 76.6 cm³/mol. The first-order valence-electron chi connectivity index (χ1n) is 7.55. The molecule has 0 radical (unpaired) electrons. The van der Waals surface area contributed by atoms with Gasteiger partial charge in [-0.25, -0.2) is 4.39 Å². The fourth-order valence-electron chi connectivity index (χ4n) is 3.94. The van der Waals surface area contributed by atoms with Crippen molar-refractivity contribution in [1.29, 1.82) is 0 Å². The molecular weight excluding hydrogens is 239 g/mol. The fourth-order valence-corrected chi connectivity index (χ4v) is 3.94. The SMILES string of the molecule is NCc1c(F)cccc1N1CCCC1C1CCCC1. The number of nitrogens with zero attached hydrogens (tertiary/aromatic N) is 1. The molecule has 1 unspecified atom stereocenters. The van der Waals surface area contributed by atoms with Crippen molar-refractivity contribution in [3.8, 4) is 0 Å². The number of hydrogen-bond donors (Lipinski definition) is 1. The Morgan fingerprint density at radius 2 is 1.95 bits per heavy atom. The van der Waals surface area contributed by atoms with Crippen LogP contribution in [0, 0.1) is 11.7 Å². The fraction of sp³-hybridized carbons (Fsp3) is 0.625. The highest BCUT2D eigenvalue weighted by Crippen LogP contribution is 2.39. The summed E-state index contributed by atoms with van der Waals surface area (Å²) in [7, 11) is 0. The summed E-state index contributed by atoms with van der Waals surface area (Å²) in [5.41, 5.74) is 7.48. The van der Waals surface area contributed by atoms with Crippen molar-refractivity contribution in [2.45, 2.75) is 51.1 Å². The molecule has 104 valence electrons. The number of rotatable bonds is 3. The summed E-state index contributed by atoms with van der Waals surface area (Å²) in [6.45, 7) is 1.34. The minimum atomic E-state index is -0.155. The second-order valence-electron chi connectivity index (χ2n) is 5.89. The van der Waals surface area contributed by atoms with Gasteiger partial charge in [0.05, 0.1) is 0 Å². The van der Waals surface area contributed by atoms with E-state index in [4.69, 9.17) is 5.73 Å². The Morgan fingerprint density at radius 3 is 2.68 bits per heavy atom. The monoisotopic (exact) mass is 262 g/mol. The highest BCUT2D eigenvalue weighted by molar-refractivity contribution is 5.56. The van der Waals surface area contributed by atoms with Crippen LogP contribution >= 0.6 is 0 Å². The third-order valence-electron chi connectivity index (χ3n) is 4.85. The van der Waals surface area contributed by atoms with E-state index in [2.05, 4.69) is 4.90 Å². The largest absolute Gasteiger partial charge is 0.368 e. The molecule has 2 N–H and O–H groups in total. The third-order valence-corrected chi connectivity index (χ3v) is 4.85. The summed E-state index contributed by atoms with van der Waals surface area (Å²) in [4.78, 5) is 2.43. The van der Waals surface area contributed by atoms with E-state index in [1.807, 2.05) is 12.1 Å². The first-order chi connectivity index (χ1) is 9.31. The van der Waals surface area contributed by atoms with Crippen LogP contribution in [0.25, 0.3) is 0 Å². The van der Waals surface area contributed by atoms with Gasteiger partial charge in [-0.05, 0) is 43.7 Å². The Kier molecular flexibility index (Phi) is 3.74. The molecule has 1 aromatic rings. The highest BCUT2D eigenvalue weighted by Gasteiger charge is 2.34. The molecule has 19 heavy (non-hydrogen) atoms. The maximum atomic E-state index is 13.9. The van der Waals surface area contributed by atoms with E-state index in [1.54, 1.807) is 0 Å². The van der Waals surface area contributed by atoms with Crippen LogP contribution in [0.2, 0.25) is 0 Å². The van der Waals surface area contributed by atoms with Gasteiger partial charge in [0.2, 0.25) is 0 Å². The van der Waals surface area contributed by atoms with Gasteiger partial charge in [0.25, 0.3) is 0 Å². The maximum Gasteiger partial charge on any atom is 0.129 e. The second-order valence-corrected chi connectivity index (χ2v) is 5.89. The number of benzene rings is 1. The van der Waals surface area contributed by atoms with E-state index >= 15 is 0 Å². The molecule has 1 aliphatic heterocycles. The standard InChI is InChI=1S/C16H23FN2/c17-14-7-3-8-16(13(14)11-18)19-10-4-9-15(19)12-5-1-2-6-12/h3,7-8,12,15H,1-2,4-6,9-11,18H2. The van der Waals surface area contributed by atoms with Gasteiger partial charge >= 0.3 is 0 Å². The Balaban J connectivity index is 1.89. The molecule has 0 aromatic heterocycles. The predicted octanol–water partition coefficient (Wildman–Crippen LogP) is 3.44. The minimum absolute atomic E-state index is 0.155. The first-order valence-corrected chi connectivity index (χ1v) is 7.55. The van der Waals surface area contributed by atoms with Gasteiger partial charge in [-0.1, -0.05) is 18.9 Å². The smallest absolute Gasteiger partial charge is 0.129 e. The van der Waals surface area contributed by atoms with E-state index in [0.29, 0.717) is 11.6 Å². The molecule has 1 aromatic carbocycles. The van der Waals surface area contributed by atoms with Crippen LogP contribution in [0.4, 0.5) is 10.1 Å². The van der Waals surface area contributed by atoms with Gasteiger partial charge in [0, 0.05) is 30.4 Å². The van der Waals surface area contributed by atoms with E-state index in [0.717, 1.165) is 18.2 Å². The molecule has 0 amide bonds. The highest BCUT2D eigenvalue weighted by atomic mass is 19.1. The molecular formula is C16H23FN2. The van der Waals surface area contributed by atoms with Crippen LogP contribution in [0.15, 0.2) is 18.2 Å². The molecule has 2 fully saturated rings. The van der Waals surface area contributed by atoms with E-state index in [1.165, 1.54) is 44.6 Å². The minimum Gasteiger partial charge on any atom is -0.368 e. The summed E-state index contributed by atoms with van der Waals surface area (Å²) in [5.74, 6) is 0.647. The van der Waals surface area contributed by atoms with Crippen molar-refractivity contribution in [1.82, 2.24) is 0 Å². The van der Waals surface area contributed by atoms with Crippen molar-refractivity contribution >= 4 is 5.69 Å². The molecule has 1 saturated carbocycles. The van der Waals surface area contributed by atoms with Gasteiger partial charge in [0.15, 0.2) is 0 Å². The molecule has 0 bridgehead atoms. The topological polar surface area (TPSA) is 29.3 Å². The molecule has 1 aliphatic carbocycles. The molecule has 0 spiro atoms. The first kappa shape index (κ1) is 12.9. The summed E-state index contributed by atoms with van der Waals surface area (Å²) in [5, 5.41) is 0. The lowest BCUT2D eigenvalue weighted by Gasteiger charge is -2.32. The van der Waals surface area contributed by atoms with Crippen molar-refractivity contribution in [3.63, 3.8) is 0 Å². The number of nitrogens with two attached hydrogens (primary N) is 1. The third kappa shape index (κ3) is 2.36. The molecule has 3 heteroatoms. The van der Waals surface area contributed by atoms with E-state index < -0.39 is 0 Å². The Labute approximate surface area is 114 Å². The average molecular weight is 262 g/mol. The summed E-state index contributed by atoms with van der Waals surface area (Å²) < 4.78 is 13.9. The van der Waals surface area contributed by atoms with Gasteiger partial charge in [0.1, 0.15) is 5.82 Å². The van der Waals surface area contributed by atoms with Crippen LogP contribution in [0.1, 0.15) is 44.1 Å². The maximum absolute atomic E-state index is 13.9. The zero-order valence-corrected chi connectivity index (χ0v) is 11.4. The van der Waals surface area contributed by atoms with Crippen molar-refractivity contribution in [3.05, 3.63) is 29.6 Å². The Morgan fingerprint density at radius 1 is 1.16 bits per heavy atom. The average Bonchev–Trinajstić information content (AvgIpc) is 3.09.